The van der Waals surface area contributed by atoms with E-state index < -0.39 is 0 Å². The molecular formula is C12H14FNO2. The van der Waals surface area contributed by atoms with Crippen molar-refractivity contribution in [2.75, 3.05) is 26.6 Å². The number of hydrogen-bond acceptors (Lipinski definition) is 3. The summed E-state index contributed by atoms with van der Waals surface area (Å²) in [5.41, 5.74) is 1.14. The van der Waals surface area contributed by atoms with Crippen molar-refractivity contribution in [2.24, 2.45) is 5.92 Å². The molecule has 1 N–H and O–H groups in total. The minimum Gasteiger partial charge on any atom is -0.454 e. The molecule has 2 heterocycles. The Balaban J connectivity index is 1.89. The van der Waals surface area contributed by atoms with Gasteiger partial charge in [0.25, 0.3) is 0 Å². The molecule has 0 bridgehead atoms. The van der Waals surface area contributed by atoms with Gasteiger partial charge in [-0.1, -0.05) is 6.07 Å². The molecule has 3 nitrogen and oxygen atoms in total. The smallest absolute Gasteiger partial charge is 0.231 e. The fourth-order valence-electron chi connectivity index (χ4n) is 2.43. The highest BCUT2D eigenvalue weighted by Crippen LogP contribution is 2.37. The van der Waals surface area contributed by atoms with Crippen LogP contribution in [0, 0.1) is 5.92 Å². The van der Waals surface area contributed by atoms with Crippen molar-refractivity contribution in [3.63, 3.8) is 0 Å². The zero-order valence-corrected chi connectivity index (χ0v) is 8.91. The van der Waals surface area contributed by atoms with Crippen LogP contribution >= 0.6 is 0 Å². The van der Waals surface area contributed by atoms with Crippen molar-refractivity contribution in [3.05, 3.63) is 23.8 Å². The molecule has 86 valence electrons. The predicted octanol–water partition coefficient (Wildman–Crippen LogP) is 1.69. The highest BCUT2D eigenvalue weighted by Gasteiger charge is 2.29. The molecule has 0 amide bonds. The van der Waals surface area contributed by atoms with Gasteiger partial charge in [0.1, 0.15) is 0 Å². The predicted molar refractivity (Wildman–Crippen MR) is 57.6 cm³/mol. The van der Waals surface area contributed by atoms with E-state index in [1.807, 2.05) is 18.2 Å². The third kappa shape index (κ3) is 1.53. The minimum atomic E-state index is -0.272. The first-order valence-corrected chi connectivity index (χ1v) is 5.54. The molecule has 0 aromatic heterocycles. The Morgan fingerprint density at radius 3 is 3.00 bits per heavy atom. The first kappa shape index (κ1) is 9.90. The number of fused-ring (bicyclic) bond motifs is 1. The van der Waals surface area contributed by atoms with Crippen molar-refractivity contribution < 1.29 is 13.9 Å². The number of benzene rings is 1. The monoisotopic (exact) mass is 223 g/mol. The lowest BCUT2D eigenvalue weighted by Gasteiger charge is -2.15. The van der Waals surface area contributed by atoms with Crippen molar-refractivity contribution >= 4 is 0 Å². The molecule has 2 aliphatic heterocycles. The van der Waals surface area contributed by atoms with Gasteiger partial charge in [-0.15, -0.1) is 0 Å². The molecule has 0 radical (unpaired) electrons. The summed E-state index contributed by atoms with van der Waals surface area (Å²) in [6, 6.07) is 5.89. The van der Waals surface area contributed by atoms with Crippen LogP contribution in [-0.2, 0) is 0 Å². The summed E-state index contributed by atoms with van der Waals surface area (Å²) in [6.45, 7) is 1.62. The van der Waals surface area contributed by atoms with Gasteiger partial charge in [-0.2, -0.15) is 0 Å². The van der Waals surface area contributed by atoms with Gasteiger partial charge >= 0.3 is 0 Å². The minimum absolute atomic E-state index is 0.0837. The number of nitrogens with one attached hydrogen (secondary N) is 1. The van der Waals surface area contributed by atoms with Crippen LogP contribution in [0.25, 0.3) is 0 Å². The van der Waals surface area contributed by atoms with Crippen molar-refractivity contribution in [2.45, 2.75) is 5.92 Å². The van der Waals surface area contributed by atoms with Gasteiger partial charge in [0.05, 0.1) is 6.67 Å². The Bertz CT molecular complexity index is 397. The second-order valence-electron chi connectivity index (χ2n) is 4.29. The van der Waals surface area contributed by atoms with E-state index in [1.54, 1.807) is 0 Å². The molecular weight excluding hydrogens is 209 g/mol. The molecule has 1 aromatic rings. The first-order valence-electron chi connectivity index (χ1n) is 5.54. The largest absolute Gasteiger partial charge is 0.454 e. The molecule has 0 unspecified atom stereocenters. The third-order valence-corrected chi connectivity index (χ3v) is 3.36. The highest BCUT2D eigenvalue weighted by atomic mass is 19.1. The number of ether oxygens (including phenoxy) is 2. The maximum absolute atomic E-state index is 12.8. The Hall–Kier alpha value is -1.29. The van der Waals surface area contributed by atoms with Gasteiger partial charge in [-0.05, 0) is 17.7 Å². The average molecular weight is 223 g/mol. The quantitative estimate of drug-likeness (QED) is 0.827. The molecule has 1 fully saturated rings. The van der Waals surface area contributed by atoms with Gasteiger partial charge in [0.2, 0.25) is 6.79 Å². The van der Waals surface area contributed by atoms with E-state index in [2.05, 4.69) is 5.32 Å². The third-order valence-electron chi connectivity index (χ3n) is 3.36. The molecule has 2 aliphatic rings. The zero-order valence-electron chi connectivity index (χ0n) is 8.91. The van der Waals surface area contributed by atoms with E-state index in [4.69, 9.17) is 9.47 Å². The molecule has 4 heteroatoms. The van der Waals surface area contributed by atoms with Crippen LogP contribution in [0.1, 0.15) is 11.5 Å². The van der Waals surface area contributed by atoms with Crippen molar-refractivity contribution in [1.82, 2.24) is 5.32 Å². The van der Waals surface area contributed by atoms with Crippen LogP contribution in [-0.4, -0.2) is 26.6 Å². The van der Waals surface area contributed by atoms with Gasteiger partial charge in [0, 0.05) is 24.9 Å². The molecule has 16 heavy (non-hydrogen) atoms. The Kier molecular flexibility index (Phi) is 2.44. The van der Waals surface area contributed by atoms with Gasteiger partial charge in [0.15, 0.2) is 11.5 Å². The number of alkyl halides is 1. The maximum atomic E-state index is 12.8. The van der Waals surface area contributed by atoms with Crippen LogP contribution in [0.5, 0.6) is 11.5 Å². The van der Waals surface area contributed by atoms with Crippen LogP contribution < -0.4 is 14.8 Å². The standard InChI is InChI=1S/C12H14FNO2/c13-4-9-5-14-6-10(9)8-1-2-11-12(3-8)16-7-15-11/h1-3,9-10,14H,4-7H2/t9-,10+/m0/s1. The van der Waals surface area contributed by atoms with Crippen LogP contribution in [0.15, 0.2) is 18.2 Å². The second kappa shape index (κ2) is 3.94. The van der Waals surface area contributed by atoms with Crippen molar-refractivity contribution in [3.8, 4) is 11.5 Å². The van der Waals surface area contributed by atoms with E-state index in [0.29, 0.717) is 0 Å². The average Bonchev–Trinajstić information content (AvgIpc) is 2.96. The van der Waals surface area contributed by atoms with Gasteiger partial charge < -0.3 is 14.8 Å². The summed E-state index contributed by atoms with van der Waals surface area (Å²) in [6.07, 6.45) is 0. The van der Waals surface area contributed by atoms with Crippen LogP contribution in [0.4, 0.5) is 4.39 Å². The molecule has 1 saturated heterocycles. The SMILES string of the molecule is FC[C@H]1CNC[C@@H]1c1ccc2c(c1)OCO2. The van der Waals surface area contributed by atoms with Crippen LogP contribution in [0.3, 0.4) is 0 Å². The summed E-state index contributed by atoms with van der Waals surface area (Å²) >= 11 is 0. The number of halogens is 1. The van der Waals surface area contributed by atoms with Crippen LogP contribution in [0.2, 0.25) is 0 Å². The lowest BCUT2D eigenvalue weighted by molar-refractivity contribution is 0.174. The number of rotatable bonds is 2. The lowest BCUT2D eigenvalue weighted by Crippen LogP contribution is -2.12. The second-order valence-corrected chi connectivity index (χ2v) is 4.29. The Morgan fingerprint density at radius 2 is 2.12 bits per heavy atom. The lowest BCUT2D eigenvalue weighted by atomic mass is 9.89. The normalized spacial score (nSPS) is 27.3. The first-order chi connectivity index (χ1) is 7.88. The van der Waals surface area contributed by atoms with Crippen molar-refractivity contribution in [1.29, 1.82) is 0 Å². The Morgan fingerprint density at radius 1 is 1.25 bits per heavy atom. The van der Waals surface area contributed by atoms with Gasteiger partial charge in [-0.3, -0.25) is 4.39 Å². The molecule has 2 atom stereocenters. The highest BCUT2D eigenvalue weighted by molar-refractivity contribution is 5.45. The summed E-state index contributed by atoms with van der Waals surface area (Å²) < 4.78 is 23.4. The molecule has 1 aromatic carbocycles. The Labute approximate surface area is 93.6 Å². The molecule has 0 aliphatic carbocycles. The number of hydrogen-bond donors (Lipinski definition) is 1. The van der Waals surface area contributed by atoms with E-state index >= 15 is 0 Å². The van der Waals surface area contributed by atoms with Gasteiger partial charge in [-0.25, -0.2) is 0 Å². The fourth-order valence-corrected chi connectivity index (χ4v) is 2.43. The maximum Gasteiger partial charge on any atom is 0.231 e. The van der Waals surface area contributed by atoms with E-state index in [9.17, 15) is 4.39 Å². The van der Waals surface area contributed by atoms with E-state index in [-0.39, 0.29) is 25.3 Å². The summed E-state index contributed by atoms with van der Waals surface area (Å²) in [7, 11) is 0. The van der Waals surface area contributed by atoms with E-state index in [1.165, 1.54) is 0 Å². The molecule has 3 rings (SSSR count). The summed E-state index contributed by atoms with van der Waals surface area (Å²) in [5, 5.41) is 3.23. The fraction of sp³-hybridized carbons (Fsp3) is 0.500. The zero-order chi connectivity index (χ0) is 11.0. The summed E-state index contributed by atoms with van der Waals surface area (Å²) in [4.78, 5) is 0. The molecule has 0 saturated carbocycles. The topological polar surface area (TPSA) is 30.5 Å². The molecule has 0 spiro atoms. The van der Waals surface area contributed by atoms with E-state index in [0.717, 1.165) is 30.2 Å². The summed E-state index contributed by atoms with van der Waals surface area (Å²) in [5.74, 6) is 1.90.